The summed E-state index contributed by atoms with van der Waals surface area (Å²) in [6.45, 7) is 6.36. The topological polar surface area (TPSA) is 38.2 Å². The van der Waals surface area contributed by atoms with E-state index in [1.807, 2.05) is 38.1 Å². The minimum Gasteiger partial charge on any atom is -0.370 e. The SMILES string of the molecule is Cc1cc(C)nc(N2CCO[C@@H](c3ccccc3)C2)n1. The summed E-state index contributed by atoms with van der Waals surface area (Å²) in [5.41, 5.74) is 3.23. The summed E-state index contributed by atoms with van der Waals surface area (Å²) >= 11 is 0. The van der Waals surface area contributed by atoms with Crippen LogP contribution >= 0.6 is 0 Å². The van der Waals surface area contributed by atoms with Crippen molar-refractivity contribution in [3.63, 3.8) is 0 Å². The minimum atomic E-state index is 0.0920. The molecule has 4 nitrogen and oxygen atoms in total. The molecule has 0 amide bonds. The Balaban J connectivity index is 1.81. The normalized spacial score (nSPS) is 19.1. The van der Waals surface area contributed by atoms with E-state index in [0.29, 0.717) is 6.61 Å². The van der Waals surface area contributed by atoms with Crippen LogP contribution in [-0.2, 0) is 4.74 Å². The summed E-state index contributed by atoms with van der Waals surface area (Å²) < 4.78 is 5.88. The summed E-state index contributed by atoms with van der Waals surface area (Å²) in [7, 11) is 0. The number of hydrogen-bond donors (Lipinski definition) is 0. The van der Waals surface area contributed by atoms with Crippen LogP contribution in [0.25, 0.3) is 0 Å². The second-order valence-corrected chi connectivity index (χ2v) is 5.17. The summed E-state index contributed by atoms with van der Waals surface area (Å²) in [6, 6.07) is 12.3. The van der Waals surface area contributed by atoms with Gasteiger partial charge in [-0.1, -0.05) is 30.3 Å². The zero-order valence-corrected chi connectivity index (χ0v) is 11.9. The average molecular weight is 269 g/mol. The van der Waals surface area contributed by atoms with Crippen molar-refractivity contribution in [1.29, 1.82) is 0 Å². The van der Waals surface area contributed by atoms with Gasteiger partial charge in [0.2, 0.25) is 5.95 Å². The second kappa shape index (κ2) is 5.59. The fraction of sp³-hybridized carbons (Fsp3) is 0.375. The highest BCUT2D eigenvalue weighted by Crippen LogP contribution is 2.24. The first-order valence-corrected chi connectivity index (χ1v) is 6.96. The van der Waals surface area contributed by atoms with E-state index < -0.39 is 0 Å². The van der Waals surface area contributed by atoms with Crippen LogP contribution in [0.5, 0.6) is 0 Å². The Morgan fingerprint density at radius 2 is 1.80 bits per heavy atom. The molecule has 0 spiro atoms. The highest BCUT2D eigenvalue weighted by molar-refractivity contribution is 5.34. The van der Waals surface area contributed by atoms with Gasteiger partial charge in [0.15, 0.2) is 0 Å². The quantitative estimate of drug-likeness (QED) is 0.840. The number of aromatic nitrogens is 2. The molecule has 0 aliphatic carbocycles. The molecule has 2 aromatic rings. The van der Waals surface area contributed by atoms with Gasteiger partial charge in [-0.3, -0.25) is 0 Å². The van der Waals surface area contributed by atoms with Crippen LogP contribution < -0.4 is 4.90 Å². The van der Waals surface area contributed by atoms with Crippen LogP contribution in [-0.4, -0.2) is 29.7 Å². The molecule has 1 aromatic heterocycles. The fourth-order valence-corrected chi connectivity index (χ4v) is 2.55. The maximum Gasteiger partial charge on any atom is 0.225 e. The molecular formula is C16H19N3O. The van der Waals surface area contributed by atoms with Crippen molar-refractivity contribution in [2.24, 2.45) is 0 Å². The van der Waals surface area contributed by atoms with Crippen molar-refractivity contribution < 1.29 is 4.74 Å². The van der Waals surface area contributed by atoms with Crippen molar-refractivity contribution in [3.05, 3.63) is 53.3 Å². The summed E-state index contributed by atoms with van der Waals surface area (Å²) in [5, 5.41) is 0. The maximum absolute atomic E-state index is 5.88. The lowest BCUT2D eigenvalue weighted by atomic mass is 10.1. The van der Waals surface area contributed by atoms with Crippen molar-refractivity contribution in [1.82, 2.24) is 9.97 Å². The second-order valence-electron chi connectivity index (χ2n) is 5.17. The van der Waals surface area contributed by atoms with Crippen LogP contribution in [0.2, 0.25) is 0 Å². The van der Waals surface area contributed by atoms with Crippen molar-refractivity contribution in [2.75, 3.05) is 24.6 Å². The average Bonchev–Trinajstić information content (AvgIpc) is 2.47. The molecule has 20 heavy (non-hydrogen) atoms. The van der Waals surface area contributed by atoms with Crippen LogP contribution in [0, 0.1) is 13.8 Å². The molecule has 1 aliphatic rings. The molecule has 1 saturated heterocycles. The van der Waals surface area contributed by atoms with Gasteiger partial charge in [-0.05, 0) is 25.5 Å². The van der Waals surface area contributed by atoms with E-state index in [1.165, 1.54) is 5.56 Å². The number of ether oxygens (including phenoxy) is 1. The molecule has 1 atom stereocenters. The van der Waals surface area contributed by atoms with Gasteiger partial charge in [0.05, 0.1) is 13.2 Å². The monoisotopic (exact) mass is 269 g/mol. The predicted octanol–water partition coefficient (Wildman–Crippen LogP) is 2.67. The molecule has 1 fully saturated rings. The molecule has 0 bridgehead atoms. The van der Waals surface area contributed by atoms with Crippen LogP contribution in [0.3, 0.4) is 0 Å². The lowest BCUT2D eigenvalue weighted by Gasteiger charge is -2.33. The van der Waals surface area contributed by atoms with Crippen LogP contribution in [0.4, 0.5) is 5.95 Å². The number of benzene rings is 1. The van der Waals surface area contributed by atoms with Gasteiger partial charge in [-0.2, -0.15) is 0 Å². The van der Waals surface area contributed by atoms with E-state index in [2.05, 4.69) is 27.0 Å². The van der Waals surface area contributed by atoms with E-state index in [1.54, 1.807) is 0 Å². The number of rotatable bonds is 2. The Bertz CT molecular complexity index is 565. The molecule has 3 rings (SSSR count). The lowest BCUT2D eigenvalue weighted by Crippen LogP contribution is -2.39. The van der Waals surface area contributed by atoms with Gasteiger partial charge >= 0.3 is 0 Å². The van der Waals surface area contributed by atoms with Crippen LogP contribution in [0.15, 0.2) is 36.4 Å². The number of aryl methyl sites for hydroxylation is 2. The third-order valence-electron chi connectivity index (χ3n) is 3.49. The third-order valence-corrected chi connectivity index (χ3v) is 3.49. The molecular weight excluding hydrogens is 250 g/mol. The van der Waals surface area contributed by atoms with E-state index in [4.69, 9.17) is 4.74 Å². The number of anilines is 1. The van der Waals surface area contributed by atoms with E-state index in [0.717, 1.165) is 30.4 Å². The highest BCUT2D eigenvalue weighted by Gasteiger charge is 2.23. The largest absolute Gasteiger partial charge is 0.370 e. The summed E-state index contributed by atoms with van der Waals surface area (Å²) in [4.78, 5) is 11.3. The smallest absolute Gasteiger partial charge is 0.225 e. The first-order valence-electron chi connectivity index (χ1n) is 6.96. The molecule has 0 saturated carbocycles. The molecule has 2 heterocycles. The lowest BCUT2D eigenvalue weighted by molar-refractivity contribution is 0.0392. The first-order chi connectivity index (χ1) is 9.72. The highest BCUT2D eigenvalue weighted by atomic mass is 16.5. The molecule has 0 N–H and O–H groups in total. The van der Waals surface area contributed by atoms with Gasteiger partial charge in [0.1, 0.15) is 6.10 Å². The molecule has 0 radical (unpaired) electrons. The number of nitrogens with zero attached hydrogens (tertiary/aromatic N) is 3. The molecule has 0 unspecified atom stereocenters. The molecule has 4 heteroatoms. The van der Waals surface area contributed by atoms with E-state index in [-0.39, 0.29) is 6.10 Å². The van der Waals surface area contributed by atoms with E-state index in [9.17, 15) is 0 Å². The van der Waals surface area contributed by atoms with E-state index >= 15 is 0 Å². The summed E-state index contributed by atoms with van der Waals surface area (Å²) in [6.07, 6.45) is 0.0920. The van der Waals surface area contributed by atoms with Gasteiger partial charge in [-0.25, -0.2) is 9.97 Å². The Labute approximate surface area is 119 Å². The minimum absolute atomic E-state index is 0.0920. The molecule has 104 valence electrons. The Hall–Kier alpha value is -1.94. The van der Waals surface area contributed by atoms with Gasteiger partial charge < -0.3 is 9.64 Å². The zero-order chi connectivity index (χ0) is 13.9. The van der Waals surface area contributed by atoms with Crippen molar-refractivity contribution in [3.8, 4) is 0 Å². The Morgan fingerprint density at radius 3 is 2.50 bits per heavy atom. The fourth-order valence-electron chi connectivity index (χ4n) is 2.55. The maximum atomic E-state index is 5.88. The zero-order valence-electron chi connectivity index (χ0n) is 11.9. The summed E-state index contributed by atoms with van der Waals surface area (Å²) in [5.74, 6) is 0.812. The predicted molar refractivity (Wildman–Crippen MR) is 78.9 cm³/mol. The molecule has 1 aromatic carbocycles. The van der Waals surface area contributed by atoms with Crippen molar-refractivity contribution >= 4 is 5.95 Å². The van der Waals surface area contributed by atoms with Gasteiger partial charge in [-0.15, -0.1) is 0 Å². The van der Waals surface area contributed by atoms with Gasteiger partial charge in [0.25, 0.3) is 0 Å². The first kappa shape index (κ1) is 13.1. The third kappa shape index (κ3) is 2.80. The Morgan fingerprint density at radius 1 is 1.10 bits per heavy atom. The standard InChI is InChI=1S/C16H19N3O/c1-12-10-13(2)18-16(17-12)19-8-9-20-15(11-19)14-6-4-3-5-7-14/h3-7,10,15H,8-9,11H2,1-2H3/t15-/m1/s1. The van der Waals surface area contributed by atoms with Crippen molar-refractivity contribution in [2.45, 2.75) is 20.0 Å². The Kier molecular flexibility index (Phi) is 3.65. The van der Waals surface area contributed by atoms with Crippen LogP contribution in [0.1, 0.15) is 23.1 Å². The number of morpholine rings is 1. The number of hydrogen-bond acceptors (Lipinski definition) is 4. The van der Waals surface area contributed by atoms with Gasteiger partial charge in [0, 0.05) is 17.9 Å². The molecule has 1 aliphatic heterocycles.